The van der Waals surface area contributed by atoms with Crippen LogP contribution in [-0.4, -0.2) is 66.9 Å². The summed E-state index contributed by atoms with van der Waals surface area (Å²) in [5, 5.41) is 10.3. The van der Waals surface area contributed by atoms with Crippen LogP contribution in [-0.2, 0) is 14.3 Å². The monoisotopic (exact) mass is 401 g/mol. The summed E-state index contributed by atoms with van der Waals surface area (Å²) in [7, 11) is 3.37. The fourth-order valence-corrected chi connectivity index (χ4v) is 2.99. The van der Waals surface area contributed by atoms with Crippen molar-refractivity contribution in [3.63, 3.8) is 0 Å². The Labute approximate surface area is 172 Å². The predicted molar refractivity (Wildman–Crippen MR) is 113 cm³/mol. The Morgan fingerprint density at radius 2 is 1.76 bits per heavy atom. The Bertz CT molecular complexity index is 830. The van der Waals surface area contributed by atoms with Crippen molar-refractivity contribution in [2.75, 3.05) is 45.7 Å². The standard InChI is InChI=1S/C21H31N5O3/c1-15-7-9-18(10-8-15)26-17(3)21(16(2)24-26)23-20(28)14-25(4)13-19(27)22-11-6-12-29-5/h7-10H,6,11-14H2,1-5H3,(H,22,27)(H,23,28). The van der Waals surface area contributed by atoms with E-state index >= 15 is 0 Å². The van der Waals surface area contributed by atoms with Crippen molar-refractivity contribution >= 4 is 17.5 Å². The van der Waals surface area contributed by atoms with Gasteiger partial charge in [-0.25, -0.2) is 4.68 Å². The van der Waals surface area contributed by atoms with Gasteiger partial charge in [0.1, 0.15) is 0 Å². The average Bonchev–Trinajstić information content (AvgIpc) is 2.94. The number of carbonyl (C=O) groups excluding carboxylic acids is 2. The molecule has 0 bridgehead atoms. The van der Waals surface area contributed by atoms with Crippen LogP contribution in [0.4, 0.5) is 5.69 Å². The molecule has 0 saturated heterocycles. The van der Waals surface area contributed by atoms with Crippen LogP contribution in [0, 0.1) is 20.8 Å². The van der Waals surface area contributed by atoms with Crippen LogP contribution >= 0.6 is 0 Å². The highest BCUT2D eigenvalue weighted by molar-refractivity contribution is 5.93. The third-order valence-corrected chi connectivity index (χ3v) is 4.51. The van der Waals surface area contributed by atoms with Gasteiger partial charge in [0.25, 0.3) is 0 Å². The maximum Gasteiger partial charge on any atom is 0.238 e. The SMILES string of the molecule is COCCCNC(=O)CN(C)CC(=O)Nc1c(C)nn(-c2ccc(C)cc2)c1C. The predicted octanol–water partition coefficient (Wildman–Crippen LogP) is 1.82. The molecule has 1 heterocycles. The van der Waals surface area contributed by atoms with E-state index in [1.54, 1.807) is 19.1 Å². The number of hydrogen-bond donors (Lipinski definition) is 2. The van der Waals surface area contributed by atoms with Gasteiger partial charge >= 0.3 is 0 Å². The Kier molecular flexibility index (Phi) is 8.35. The lowest BCUT2D eigenvalue weighted by Crippen LogP contribution is -2.39. The summed E-state index contributed by atoms with van der Waals surface area (Å²) in [6.07, 6.45) is 0.760. The lowest BCUT2D eigenvalue weighted by molar-refractivity contribution is -0.123. The molecule has 2 rings (SSSR count). The summed E-state index contributed by atoms with van der Waals surface area (Å²) < 4.78 is 6.77. The number of nitrogens with one attached hydrogen (secondary N) is 2. The molecule has 1 aromatic carbocycles. The zero-order chi connectivity index (χ0) is 21.4. The van der Waals surface area contributed by atoms with E-state index in [4.69, 9.17) is 4.74 Å². The molecule has 0 aliphatic carbocycles. The normalized spacial score (nSPS) is 11.0. The first kappa shape index (κ1) is 22.6. The summed E-state index contributed by atoms with van der Waals surface area (Å²) in [5.74, 6) is -0.301. The summed E-state index contributed by atoms with van der Waals surface area (Å²) in [4.78, 5) is 26.0. The molecule has 8 nitrogen and oxygen atoms in total. The average molecular weight is 402 g/mol. The summed E-state index contributed by atoms with van der Waals surface area (Å²) in [6.45, 7) is 7.25. The maximum atomic E-state index is 12.5. The number of ether oxygens (including phenoxy) is 1. The number of likely N-dealkylation sites (N-methyl/N-ethyl adjacent to an activating group) is 1. The van der Waals surface area contributed by atoms with Crippen molar-refractivity contribution < 1.29 is 14.3 Å². The smallest absolute Gasteiger partial charge is 0.238 e. The number of hydrogen-bond acceptors (Lipinski definition) is 5. The number of aryl methyl sites for hydroxylation is 2. The number of nitrogens with zero attached hydrogens (tertiary/aromatic N) is 3. The Morgan fingerprint density at radius 3 is 2.41 bits per heavy atom. The van der Waals surface area contributed by atoms with Gasteiger partial charge in [0.15, 0.2) is 0 Å². The number of anilines is 1. The molecule has 1 aromatic heterocycles. The van der Waals surface area contributed by atoms with Gasteiger partial charge in [-0.2, -0.15) is 5.10 Å². The van der Waals surface area contributed by atoms with E-state index in [1.165, 1.54) is 5.56 Å². The topological polar surface area (TPSA) is 88.5 Å². The third-order valence-electron chi connectivity index (χ3n) is 4.51. The van der Waals surface area contributed by atoms with Gasteiger partial charge in [-0.15, -0.1) is 0 Å². The lowest BCUT2D eigenvalue weighted by atomic mass is 10.2. The van der Waals surface area contributed by atoms with Gasteiger partial charge in [0.2, 0.25) is 11.8 Å². The number of rotatable bonds is 10. The first-order valence-corrected chi connectivity index (χ1v) is 9.69. The zero-order valence-electron chi connectivity index (χ0n) is 17.9. The molecule has 29 heavy (non-hydrogen) atoms. The molecular formula is C21H31N5O3. The number of benzene rings is 1. The molecule has 0 unspecified atom stereocenters. The highest BCUT2D eigenvalue weighted by Gasteiger charge is 2.17. The fourth-order valence-electron chi connectivity index (χ4n) is 2.99. The second-order valence-electron chi connectivity index (χ2n) is 7.21. The summed E-state index contributed by atoms with van der Waals surface area (Å²) in [5.41, 5.74) is 4.43. The maximum absolute atomic E-state index is 12.5. The Morgan fingerprint density at radius 1 is 1.10 bits per heavy atom. The molecule has 0 saturated carbocycles. The Balaban J connectivity index is 1.92. The minimum Gasteiger partial charge on any atom is -0.385 e. The largest absolute Gasteiger partial charge is 0.385 e. The van der Waals surface area contributed by atoms with Crippen molar-refractivity contribution in [3.8, 4) is 5.69 Å². The van der Waals surface area contributed by atoms with Gasteiger partial charge in [0, 0.05) is 20.3 Å². The minimum absolute atomic E-state index is 0.111. The second kappa shape index (κ2) is 10.7. The van der Waals surface area contributed by atoms with Crippen LogP contribution in [0.2, 0.25) is 0 Å². The number of amides is 2. The number of methoxy groups -OCH3 is 1. The number of aromatic nitrogens is 2. The summed E-state index contributed by atoms with van der Waals surface area (Å²) >= 11 is 0. The molecule has 8 heteroatoms. The van der Waals surface area contributed by atoms with Gasteiger partial charge in [-0.05, 0) is 46.4 Å². The molecule has 2 amide bonds. The third kappa shape index (κ3) is 6.69. The van der Waals surface area contributed by atoms with E-state index in [1.807, 2.05) is 49.7 Å². The molecule has 2 aromatic rings. The van der Waals surface area contributed by atoms with Crippen LogP contribution < -0.4 is 10.6 Å². The minimum atomic E-state index is -0.186. The molecule has 0 aliphatic rings. The van der Waals surface area contributed by atoms with E-state index < -0.39 is 0 Å². The molecule has 2 N–H and O–H groups in total. The molecular weight excluding hydrogens is 370 g/mol. The van der Waals surface area contributed by atoms with Crippen molar-refractivity contribution in [3.05, 3.63) is 41.2 Å². The van der Waals surface area contributed by atoms with E-state index in [0.717, 1.165) is 23.5 Å². The van der Waals surface area contributed by atoms with Crippen LogP contribution in [0.1, 0.15) is 23.4 Å². The lowest BCUT2D eigenvalue weighted by Gasteiger charge is -2.16. The van der Waals surface area contributed by atoms with Crippen LogP contribution in [0.25, 0.3) is 5.69 Å². The summed E-state index contributed by atoms with van der Waals surface area (Å²) in [6, 6.07) is 8.05. The van der Waals surface area contributed by atoms with E-state index in [0.29, 0.717) is 18.8 Å². The molecule has 0 atom stereocenters. The Hall–Kier alpha value is -2.71. The van der Waals surface area contributed by atoms with Crippen molar-refractivity contribution in [1.29, 1.82) is 0 Å². The quantitative estimate of drug-likeness (QED) is 0.593. The molecule has 158 valence electrons. The van der Waals surface area contributed by atoms with E-state index in [9.17, 15) is 9.59 Å². The van der Waals surface area contributed by atoms with E-state index in [2.05, 4.69) is 15.7 Å². The van der Waals surface area contributed by atoms with Crippen molar-refractivity contribution in [2.24, 2.45) is 0 Å². The highest BCUT2D eigenvalue weighted by atomic mass is 16.5. The van der Waals surface area contributed by atoms with E-state index in [-0.39, 0.29) is 24.9 Å². The van der Waals surface area contributed by atoms with Gasteiger partial charge in [-0.3, -0.25) is 14.5 Å². The van der Waals surface area contributed by atoms with Gasteiger partial charge in [0.05, 0.1) is 35.9 Å². The first-order chi connectivity index (χ1) is 13.8. The van der Waals surface area contributed by atoms with Crippen LogP contribution in [0.15, 0.2) is 24.3 Å². The fraction of sp³-hybridized carbons (Fsp3) is 0.476. The van der Waals surface area contributed by atoms with Gasteiger partial charge in [-0.1, -0.05) is 17.7 Å². The molecule has 0 spiro atoms. The molecule has 0 radical (unpaired) electrons. The number of carbonyl (C=O) groups is 2. The second-order valence-corrected chi connectivity index (χ2v) is 7.21. The molecule has 0 fully saturated rings. The first-order valence-electron chi connectivity index (χ1n) is 9.69. The van der Waals surface area contributed by atoms with Crippen LogP contribution in [0.3, 0.4) is 0 Å². The van der Waals surface area contributed by atoms with Crippen molar-refractivity contribution in [2.45, 2.75) is 27.2 Å². The highest BCUT2D eigenvalue weighted by Crippen LogP contribution is 2.23. The van der Waals surface area contributed by atoms with Crippen LogP contribution in [0.5, 0.6) is 0 Å². The van der Waals surface area contributed by atoms with Gasteiger partial charge < -0.3 is 15.4 Å². The zero-order valence-corrected chi connectivity index (χ0v) is 17.9. The molecule has 0 aliphatic heterocycles. The van der Waals surface area contributed by atoms with Crippen molar-refractivity contribution in [1.82, 2.24) is 20.0 Å².